The van der Waals surface area contributed by atoms with Crippen molar-refractivity contribution < 1.29 is 9.53 Å². The SMILES string of the molecule is C=CCC(OC(C)=O)C(C)(C)C. The van der Waals surface area contributed by atoms with Gasteiger partial charge in [-0.25, -0.2) is 0 Å². The lowest BCUT2D eigenvalue weighted by atomic mass is 9.87. The summed E-state index contributed by atoms with van der Waals surface area (Å²) < 4.78 is 5.14. The van der Waals surface area contributed by atoms with E-state index in [1.165, 1.54) is 6.92 Å². The van der Waals surface area contributed by atoms with Gasteiger partial charge in [-0.2, -0.15) is 0 Å². The van der Waals surface area contributed by atoms with Gasteiger partial charge in [-0.15, -0.1) is 6.58 Å². The van der Waals surface area contributed by atoms with Crippen LogP contribution in [-0.4, -0.2) is 12.1 Å². The van der Waals surface area contributed by atoms with E-state index in [1.54, 1.807) is 6.08 Å². The largest absolute Gasteiger partial charge is 0.462 e. The maximum atomic E-state index is 10.7. The summed E-state index contributed by atoms with van der Waals surface area (Å²) in [6.45, 7) is 11.2. The number of esters is 1. The Labute approximate surface area is 74.6 Å². The highest BCUT2D eigenvalue weighted by Gasteiger charge is 2.25. The second-order valence-electron chi connectivity index (χ2n) is 3.99. The lowest BCUT2D eigenvalue weighted by Gasteiger charge is -2.28. The maximum Gasteiger partial charge on any atom is 0.302 e. The predicted molar refractivity (Wildman–Crippen MR) is 49.8 cm³/mol. The normalized spacial score (nSPS) is 13.7. The Kier molecular flexibility index (Phi) is 4.01. The summed E-state index contributed by atoms with van der Waals surface area (Å²) in [4.78, 5) is 10.7. The van der Waals surface area contributed by atoms with Gasteiger partial charge in [0, 0.05) is 13.3 Å². The minimum atomic E-state index is -0.225. The van der Waals surface area contributed by atoms with Crippen molar-refractivity contribution in [2.45, 2.75) is 40.2 Å². The van der Waals surface area contributed by atoms with Crippen LogP contribution in [-0.2, 0) is 9.53 Å². The lowest BCUT2D eigenvalue weighted by molar-refractivity contribution is -0.151. The molecule has 1 atom stereocenters. The number of hydrogen-bond acceptors (Lipinski definition) is 2. The van der Waals surface area contributed by atoms with Gasteiger partial charge in [0.1, 0.15) is 6.10 Å². The first-order chi connectivity index (χ1) is 5.38. The Hall–Kier alpha value is -0.790. The second-order valence-corrected chi connectivity index (χ2v) is 3.99. The molecule has 0 aliphatic carbocycles. The third-order valence-corrected chi connectivity index (χ3v) is 1.65. The quantitative estimate of drug-likeness (QED) is 0.480. The van der Waals surface area contributed by atoms with Crippen LogP contribution in [0.2, 0.25) is 0 Å². The van der Waals surface area contributed by atoms with E-state index in [1.807, 2.05) is 20.8 Å². The minimum Gasteiger partial charge on any atom is -0.462 e. The molecule has 12 heavy (non-hydrogen) atoms. The summed E-state index contributed by atoms with van der Waals surface area (Å²) in [6.07, 6.45) is 2.43. The minimum absolute atomic E-state index is 0.0140. The number of hydrogen-bond donors (Lipinski definition) is 0. The number of ether oxygens (including phenoxy) is 1. The summed E-state index contributed by atoms with van der Waals surface area (Å²) in [7, 11) is 0. The molecule has 0 spiro atoms. The molecule has 1 unspecified atom stereocenters. The average Bonchev–Trinajstić information content (AvgIpc) is 1.83. The van der Waals surface area contributed by atoms with E-state index in [0.717, 1.165) is 0 Å². The zero-order valence-electron chi connectivity index (χ0n) is 8.39. The Morgan fingerprint density at radius 1 is 1.58 bits per heavy atom. The zero-order chi connectivity index (χ0) is 9.78. The number of carbonyl (C=O) groups is 1. The Bertz CT molecular complexity index is 165. The van der Waals surface area contributed by atoms with E-state index in [2.05, 4.69) is 6.58 Å². The van der Waals surface area contributed by atoms with Gasteiger partial charge >= 0.3 is 5.97 Å². The van der Waals surface area contributed by atoms with E-state index < -0.39 is 0 Å². The molecule has 0 saturated heterocycles. The van der Waals surface area contributed by atoms with Crippen molar-refractivity contribution in [1.29, 1.82) is 0 Å². The van der Waals surface area contributed by atoms with Gasteiger partial charge in [0.2, 0.25) is 0 Å². The first-order valence-electron chi connectivity index (χ1n) is 4.16. The molecule has 0 radical (unpaired) electrons. The van der Waals surface area contributed by atoms with Gasteiger partial charge in [-0.3, -0.25) is 4.79 Å². The van der Waals surface area contributed by atoms with Gasteiger partial charge in [0.15, 0.2) is 0 Å². The summed E-state index contributed by atoms with van der Waals surface area (Å²) >= 11 is 0. The van der Waals surface area contributed by atoms with Crippen LogP contribution in [0, 0.1) is 5.41 Å². The van der Waals surface area contributed by atoms with E-state index in [-0.39, 0.29) is 17.5 Å². The first kappa shape index (κ1) is 11.2. The van der Waals surface area contributed by atoms with Crippen LogP contribution >= 0.6 is 0 Å². The monoisotopic (exact) mass is 170 g/mol. The molecule has 0 aliphatic heterocycles. The smallest absolute Gasteiger partial charge is 0.302 e. The topological polar surface area (TPSA) is 26.3 Å². The molecule has 0 N–H and O–H groups in total. The fraction of sp³-hybridized carbons (Fsp3) is 0.700. The summed E-state index contributed by atoms with van der Waals surface area (Å²) in [5, 5.41) is 0. The fourth-order valence-corrected chi connectivity index (χ4v) is 0.930. The number of carbonyl (C=O) groups excluding carboxylic acids is 1. The van der Waals surface area contributed by atoms with Gasteiger partial charge in [-0.1, -0.05) is 26.8 Å². The summed E-state index contributed by atoms with van der Waals surface area (Å²) in [5.41, 5.74) is -0.0140. The fourth-order valence-electron chi connectivity index (χ4n) is 0.930. The van der Waals surface area contributed by atoms with Crippen molar-refractivity contribution in [3.8, 4) is 0 Å². The van der Waals surface area contributed by atoms with Crippen LogP contribution in [0.1, 0.15) is 34.1 Å². The van der Waals surface area contributed by atoms with E-state index in [4.69, 9.17) is 4.74 Å². The predicted octanol–water partition coefficient (Wildman–Crippen LogP) is 2.54. The van der Waals surface area contributed by atoms with Gasteiger partial charge in [0.25, 0.3) is 0 Å². The molecule has 2 nitrogen and oxygen atoms in total. The molecule has 0 aromatic carbocycles. The highest BCUT2D eigenvalue weighted by molar-refractivity contribution is 5.66. The van der Waals surface area contributed by atoms with Gasteiger partial charge in [-0.05, 0) is 5.41 Å². The lowest BCUT2D eigenvalue weighted by Crippen LogP contribution is -2.30. The van der Waals surface area contributed by atoms with E-state index in [9.17, 15) is 4.79 Å². The van der Waals surface area contributed by atoms with Crippen molar-refractivity contribution in [2.24, 2.45) is 5.41 Å². The standard InChI is InChI=1S/C10H18O2/c1-6-7-9(10(3,4)5)12-8(2)11/h6,9H,1,7H2,2-5H3. The van der Waals surface area contributed by atoms with Gasteiger partial charge < -0.3 is 4.74 Å². The second kappa shape index (κ2) is 4.29. The molecule has 0 aliphatic rings. The molecule has 0 amide bonds. The third-order valence-electron chi connectivity index (χ3n) is 1.65. The Balaban J connectivity index is 4.22. The molecule has 0 aromatic heterocycles. The third kappa shape index (κ3) is 4.16. The van der Waals surface area contributed by atoms with Gasteiger partial charge in [0.05, 0.1) is 0 Å². The van der Waals surface area contributed by atoms with Crippen LogP contribution < -0.4 is 0 Å². The Morgan fingerprint density at radius 2 is 2.08 bits per heavy atom. The molecular weight excluding hydrogens is 152 g/mol. The summed E-state index contributed by atoms with van der Waals surface area (Å²) in [5.74, 6) is -0.225. The van der Waals surface area contributed by atoms with Crippen molar-refractivity contribution >= 4 is 5.97 Å². The molecule has 0 fully saturated rings. The van der Waals surface area contributed by atoms with Crippen molar-refractivity contribution in [1.82, 2.24) is 0 Å². The Morgan fingerprint density at radius 3 is 2.33 bits per heavy atom. The average molecular weight is 170 g/mol. The van der Waals surface area contributed by atoms with Crippen molar-refractivity contribution in [3.05, 3.63) is 12.7 Å². The molecule has 2 heteroatoms. The molecule has 0 bridgehead atoms. The molecular formula is C10H18O2. The van der Waals surface area contributed by atoms with Crippen LogP contribution in [0.3, 0.4) is 0 Å². The van der Waals surface area contributed by atoms with Crippen LogP contribution in [0.5, 0.6) is 0 Å². The van der Waals surface area contributed by atoms with E-state index in [0.29, 0.717) is 6.42 Å². The highest BCUT2D eigenvalue weighted by atomic mass is 16.5. The molecule has 70 valence electrons. The zero-order valence-corrected chi connectivity index (χ0v) is 8.39. The molecule has 0 saturated carbocycles. The van der Waals surface area contributed by atoms with E-state index >= 15 is 0 Å². The van der Waals surface area contributed by atoms with Crippen LogP contribution in [0.25, 0.3) is 0 Å². The first-order valence-corrected chi connectivity index (χ1v) is 4.16. The van der Waals surface area contributed by atoms with Crippen molar-refractivity contribution in [3.63, 3.8) is 0 Å². The maximum absolute atomic E-state index is 10.7. The van der Waals surface area contributed by atoms with Crippen LogP contribution in [0.15, 0.2) is 12.7 Å². The van der Waals surface area contributed by atoms with Crippen LogP contribution in [0.4, 0.5) is 0 Å². The molecule has 0 rings (SSSR count). The highest BCUT2D eigenvalue weighted by Crippen LogP contribution is 2.25. The molecule has 0 heterocycles. The molecule has 0 aromatic rings. The number of rotatable bonds is 3. The summed E-state index contributed by atoms with van der Waals surface area (Å²) in [6, 6.07) is 0. The van der Waals surface area contributed by atoms with Crippen molar-refractivity contribution in [2.75, 3.05) is 0 Å².